The predicted octanol–water partition coefficient (Wildman–Crippen LogP) is -0.372. The van der Waals surface area contributed by atoms with Crippen molar-refractivity contribution in [3.63, 3.8) is 0 Å². The molecular formula is C11H16N2O3S. The number of nitrogens with one attached hydrogen (secondary N) is 1. The molecule has 1 saturated heterocycles. The van der Waals surface area contributed by atoms with E-state index in [0.717, 1.165) is 24.6 Å². The second-order valence-corrected chi connectivity index (χ2v) is 5.44. The Morgan fingerprint density at radius 2 is 2.00 bits per heavy atom. The Hall–Kier alpha value is -1.01. The highest BCUT2D eigenvalue weighted by atomic mass is 32.2. The van der Waals surface area contributed by atoms with Gasteiger partial charge >= 0.3 is 0 Å². The molecule has 17 heavy (non-hydrogen) atoms. The van der Waals surface area contributed by atoms with Crippen LogP contribution < -0.4 is 21.1 Å². The largest absolute Gasteiger partial charge is 0.392 e. The number of rotatable bonds is 4. The summed E-state index contributed by atoms with van der Waals surface area (Å²) < 4.78 is 0. The molecule has 0 bridgehead atoms. The smallest absolute Gasteiger partial charge is 0.253 e. The molecule has 1 fully saturated rings. The molecule has 0 radical (unpaired) electrons. The zero-order valence-electron chi connectivity index (χ0n) is 9.73. The van der Waals surface area contributed by atoms with Gasteiger partial charge in [-0.15, -0.1) is 0 Å². The van der Waals surface area contributed by atoms with Crippen LogP contribution in [-0.4, -0.2) is 42.4 Å². The second kappa shape index (κ2) is 5.10. The predicted molar refractivity (Wildman–Crippen MR) is 71.1 cm³/mol. The van der Waals surface area contributed by atoms with E-state index in [-0.39, 0.29) is 0 Å². The van der Waals surface area contributed by atoms with Crippen LogP contribution in [-0.2, 0) is 0 Å². The molecule has 2 rings (SSSR count). The van der Waals surface area contributed by atoms with Crippen molar-refractivity contribution in [2.45, 2.75) is 13.0 Å². The van der Waals surface area contributed by atoms with Gasteiger partial charge in [-0.3, -0.25) is 9.59 Å². The molecule has 6 heteroatoms. The molecule has 0 amide bonds. The van der Waals surface area contributed by atoms with E-state index in [1.54, 1.807) is 6.92 Å². The molecule has 1 aromatic rings. The minimum atomic E-state index is -0.538. The van der Waals surface area contributed by atoms with Gasteiger partial charge < -0.3 is 15.3 Å². The van der Waals surface area contributed by atoms with E-state index < -0.39 is 17.0 Å². The number of hydrogen-bond donors (Lipinski definition) is 2. The standard InChI is InChI=1S/C11H16N2O3S/c1-7(14)6-12-8-9(11(16)10(8)15)13-2-4-17-5-3-13/h7,12,14H,2-6H2,1H3. The van der Waals surface area contributed by atoms with Gasteiger partial charge in [0.05, 0.1) is 6.10 Å². The minimum absolute atomic E-state index is 0.292. The first kappa shape index (κ1) is 12.4. The van der Waals surface area contributed by atoms with Crippen molar-refractivity contribution in [2.75, 3.05) is 41.4 Å². The Morgan fingerprint density at radius 1 is 1.35 bits per heavy atom. The molecular weight excluding hydrogens is 240 g/mol. The van der Waals surface area contributed by atoms with Gasteiger partial charge in [0.15, 0.2) is 0 Å². The molecule has 0 aromatic heterocycles. The van der Waals surface area contributed by atoms with E-state index in [9.17, 15) is 14.7 Å². The molecule has 1 aliphatic rings. The Labute approximate surface area is 104 Å². The normalized spacial score (nSPS) is 18.4. The number of anilines is 2. The van der Waals surface area contributed by atoms with Gasteiger partial charge in [0, 0.05) is 31.1 Å². The summed E-state index contributed by atoms with van der Waals surface area (Å²) in [7, 11) is 0. The summed E-state index contributed by atoms with van der Waals surface area (Å²) in [6.07, 6.45) is -0.538. The van der Waals surface area contributed by atoms with Gasteiger partial charge in [-0.05, 0) is 6.92 Å². The summed E-state index contributed by atoms with van der Waals surface area (Å²) in [5, 5.41) is 12.0. The molecule has 1 unspecified atom stereocenters. The van der Waals surface area contributed by atoms with Crippen molar-refractivity contribution >= 4 is 23.1 Å². The zero-order valence-corrected chi connectivity index (χ0v) is 10.5. The number of aliphatic hydroxyl groups excluding tert-OH is 1. The molecule has 94 valence electrons. The quantitative estimate of drug-likeness (QED) is 0.716. The minimum Gasteiger partial charge on any atom is -0.392 e. The number of thioether (sulfide) groups is 1. The van der Waals surface area contributed by atoms with Crippen molar-refractivity contribution < 1.29 is 5.11 Å². The highest BCUT2D eigenvalue weighted by Gasteiger charge is 2.26. The summed E-state index contributed by atoms with van der Waals surface area (Å²) in [6.45, 7) is 3.54. The first-order chi connectivity index (χ1) is 8.11. The van der Waals surface area contributed by atoms with Crippen LogP contribution in [0.1, 0.15) is 6.92 Å². The molecule has 1 atom stereocenters. The van der Waals surface area contributed by atoms with Gasteiger partial charge in [-0.2, -0.15) is 11.8 Å². The van der Waals surface area contributed by atoms with Crippen LogP contribution in [0.3, 0.4) is 0 Å². The van der Waals surface area contributed by atoms with E-state index in [4.69, 9.17) is 0 Å². The maximum absolute atomic E-state index is 11.6. The van der Waals surface area contributed by atoms with Gasteiger partial charge in [0.25, 0.3) is 10.9 Å². The fraction of sp³-hybridized carbons (Fsp3) is 0.636. The number of aliphatic hydroxyl groups is 1. The summed E-state index contributed by atoms with van der Waals surface area (Å²) in [4.78, 5) is 25.0. The van der Waals surface area contributed by atoms with E-state index in [0.29, 0.717) is 17.9 Å². The van der Waals surface area contributed by atoms with Gasteiger partial charge in [0.1, 0.15) is 11.4 Å². The third-order valence-corrected chi connectivity index (χ3v) is 3.73. The summed E-state index contributed by atoms with van der Waals surface area (Å²) in [5.41, 5.74) is 0.0302. The molecule has 0 saturated carbocycles. The maximum atomic E-state index is 11.6. The lowest BCUT2D eigenvalue weighted by atomic mass is 10.1. The van der Waals surface area contributed by atoms with E-state index in [1.165, 1.54) is 0 Å². The highest BCUT2D eigenvalue weighted by molar-refractivity contribution is 7.99. The zero-order chi connectivity index (χ0) is 12.4. The van der Waals surface area contributed by atoms with E-state index in [2.05, 4.69) is 5.32 Å². The van der Waals surface area contributed by atoms with E-state index in [1.807, 2.05) is 16.7 Å². The summed E-state index contributed by atoms with van der Waals surface area (Å²) >= 11 is 1.85. The van der Waals surface area contributed by atoms with Gasteiger partial charge in [0.2, 0.25) is 0 Å². The van der Waals surface area contributed by atoms with E-state index >= 15 is 0 Å². The van der Waals surface area contributed by atoms with Crippen LogP contribution >= 0.6 is 11.8 Å². The third kappa shape index (κ3) is 2.47. The van der Waals surface area contributed by atoms with Crippen LogP contribution in [0.25, 0.3) is 0 Å². The highest BCUT2D eigenvalue weighted by Crippen LogP contribution is 2.23. The Morgan fingerprint density at radius 3 is 2.59 bits per heavy atom. The van der Waals surface area contributed by atoms with Crippen molar-refractivity contribution in [1.29, 1.82) is 0 Å². The van der Waals surface area contributed by atoms with Crippen LogP contribution in [0.2, 0.25) is 0 Å². The second-order valence-electron chi connectivity index (χ2n) is 4.21. The average Bonchev–Trinajstić information content (AvgIpc) is 2.34. The van der Waals surface area contributed by atoms with Crippen LogP contribution in [0.5, 0.6) is 0 Å². The fourth-order valence-electron chi connectivity index (χ4n) is 1.88. The fourth-order valence-corrected chi connectivity index (χ4v) is 2.79. The third-order valence-electron chi connectivity index (χ3n) is 2.79. The lowest BCUT2D eigenvalue weighted by Crippen LogP contribution is -2.46. The SMILES string of the molecule is CC(O)CNc1c(N2CCSCC2)c(=O)c1=O. The Balaban J connectivity index is 2.13. The first-order valence-corrected chi connectivity index (χ1v) is 6.84. The lowest BCUT2D eigenvalue weighted by Gasteiger charge is -2.30. The molecule has 5 nitrogen and oxygen atoms in total. The van der Waals surface area contributed by atoms with Crippen LogP contribution in [0, 0.1) is 0 Å². The van der Waals surface area contributed by atoms with Gasteiger partial charge in [-0.1, -0.05) is 0 Å². The molecule has 1 heterocycles. The Bertz CT molecular complexity index is 459. The van der Waals surface area contributed by atoms with Gasteiger partial charge in [-0.25, -0.2) is 0 Å². The molecule has 1 aromatic carbocycles. The molecule has 0 aliphatic carbocycles. The monoisotopic (exact) mass is 256 g/mol. The number of nitrogens with zero attached hydrogens (tertiary/aromatic N) is 1. The molecule has 1 aliphatic heterocycles. The maximum Gasteiger partial charge on any atom is 0.253 e. The van der Waals surface area contributed by atoms with Crippen LogP contribution in [0.4, 0.5) is 11.4 Å². The van der Waals surface area contributed by atoms with Crippen LogP contribution in [0.15, 0.2) is 9.59 Å². The van der Waals surface area contributed by atoms with Crippen molar-refractivity contribution in [2.24, 2.45) is 0 Å². The lowest BCUT2D eigenvalue weighted by molar-refractivity contribution is 0.208. The van der Waals surface area contributed by atoms with Crippen molar-refractivity contribution in [1.82, 2.24) is 0 Å². The molecule has 0 spiro atoms. The van der Waals surface area contributed by atoms with Crippen molar-refractivity contribution in [3.05, 3.63) is 20.4 Å². The summed E-state index contributed by atoms with van der Waals surface area (Å²) in [5.74, 6) is 1.96. The molecule has 2 N–H and O–H groups in total. The number of hydrogen-bond acceptors (Lipinski definition) is 6. The Kier molecular flexibility index (Phi) is 3.73. The first-order valence-electron chi connectivity index (χ1n) is 5.69. The van der Waals surface area contributed by atoms with Crippen molar-refractivity contribution in [3.8, 4) is 0 Å². The topological polar surface area (TPSA) is 69.6 Å². The average molecular weight is 256 g/mol. The summed E-state index contributed by atoms with van der Waals surface area (Å²) in [6, 6.07) is 0.